The molecule has 0 saturated heterocycles. The Morgan fingerprint density at radius 1 is 1.32 bits per heavy atom. The first kappa shape index (κ1) is 13.6. The second-order valence-corrected chi connectivity index (χ2v) is 5.00. The van der Waals surface area contributed by atoms with E-state index < -0.39 is 5.54 Å². The summed E-state index contributed by atoms with van der Waals surface area (Å²) in [6.45, 7) is 3.65. The molecule has 3 nitrogen and oxygen atoms in total. The van der Waals surface area contributed by atoms with E-state index in [1.807, 2.05) is 62.4 Å². The summed E-state index contributed by atoms with van der Waals surface area (Å²) in [7, 11) is 0. The molecule has 0 fully saturated rings. The molecule has 1 atom stereocenters. The fraction of sp³-hybridized carbons (Fsp3) is 0.312. The van der Waals surface area contributed by atoms with Gasteiger partial charge in [-0.1, -0.05) is 48.6 Å². The van der Waals surface area contributed by atoms with Crippen molar-refractivity contribution < 1.29 is 9.53 Å². The molecule has 19 heavy (non-hydrogen) atoms. The maximum absolute atomic E-state index is 12.3. The van der Waals surface area contributed by atoms with Crippen LogP contribution in [0.5, 0.6) is 0 Å². The third-order valence-corrected chi connectivity index (χ3v) is 3.11. The first-order valence-electron chi connectivity index (χ1n) is 6.47. The van der Waals surface area contributed by atoms with Gasteiger partial charge in [0.15, 0.2) is 0 Å². The number of carbonyl (C=O) groups excluding carboxylic acids is 1. The van der Waals surface area contributed by atoms with Crippen LogP contribution in [0.3, 0.4) is 0 Å². The summed E-state index contributed by atoms with van der Waals surface area (Å²) in [5, 5.41) is 0. The van der Waals surface area contributed by atoms with Crippen molar-refractivity contribution in [2.75, 3.05) is 0 Å². The number of hydrogen-bond acceptors (Lipinski definition) is 3. The molecule has 1 unspecified atom stereocenters. The van der Waals surface area contributed by atoms with Crippen LogP contribution in [0.4, 0.5) is 0 Å². The van der Waals surface area contributed by atoms with Crippen LogP contribution in [0.15, 0.2) is 48.6 Å². The predicted molar refractivity (Wildman–Crippen MR) is 76.3 cm³/mol. The van der Waals surface area contributed by atoms with E-state index in [4.69, 9.17) is 10.5 Å². The van der Waals surface area contributed by atoms with Gasteiger partial charge in [0.05, 0.1) is 6.10 Å². The summed E-state index contributed by atoms with van der Waals surface area (Å²) in [5.74, 6) is -0.373. The van der Waals surface area contributed by atoms with E-state index in [0.717, 1.165) is 11.1 Å². The molecule has 2 N–H and O–H groups in total. The molecule has 0 amide bonds. The molecular weight excluding hydrogens is 238 g/mol. The van der Waals surface area contributed by atoms with Crippen LogP contribution in [0.2, 0.25) is 0 Å². The highest BCUT2D eigenvalue weighted by molar-refractivity contribution is 5.98. The molecule has 1 aromatic carbocycles. The molecule has 1 aliphatic rings. The monoisotopic (exact) mass is 257 g/mol. The SMILES string of the molecule is CC(C)OC(=O)C1(N)CC=CC=C1c1ccccc1. The van der Waals surface area contributed by atoms with Gasteiger partial charge in [-0.25, -0.2) is 4.79 Å². The van der Waals surface area contributed by atoms with Crippen molar-refractivity contribution in [3.8, 4) is 0 Å². The van der Waals surface area contributed by atoms with Crippen LogP contribution in [-0.4, -0.2) is 17.6 Å². The third-order valence-electron chi connectivity index (χ3n) is 3.11. The fourth-order valence-corrected chi connectivity index (χ4v) is 2.16. The van der Waals surface area contributed by atoms with Crippen molar-refractivity contribution in [3.05, 3.63) is 54.1 Å². The van der Waals surface area contributed by atoms with Gasteiger partial charge in [-0.2, -0.15) is 0 Å². The van der Waals surface area contributed by atoms with Gasteiger partial charge in [0.1, 0.15) is 5.54 Å². The summed E-state index contributed by atoms with van der Waals surface area (Å²) in [6.07, 6.45) is 6.00. The lowest BCUT2D eigenvalue weighted by Gasteiger charge is -2.31. The maximum Gasteiger partial charge on any atom is 0.331 e. The molecule has 0 aromatic heterocycles. The molecule has 100 valence electrons. The number of allylic oxidation sites excluding steroid dienone is 2. The Kier molecular flexibility index (Phi) is 3.86. The normalized spacial score (nSPS) is 22.2. The van der Waals surface area contributed by atoms with Gasteiger partial charge in [0.2, 0.25) is 0 Å². The molecular formula is C16H19NO2. The molecule has 0 saturated carbocycles. The van der Waals surface area contributed by atoms with Crippen molar-refractivity contribution >= 4 is 11.5 Å². The molecule has 2 rings (SSSR count). The lowest BCUT2D eigenvalue weighted by molar-refractivity contribution is -0.151. The first-order chi connectivity index (χ1) is 9.04. The zero-order chi connectivity index (χ0) is 13.9. The van der Waals surface area contributed by atoms with Crippen LogP contribution >= 0.6 is 0 Å². The fourth-order valence-electron chi connectivity index (χ4n) is 2.16. The number of rotatable bonds is 3. The van der Waals surface area contributed by atoms with E-state index in [9.17, 15) is 4.79 Å². The first-order valence-corrected chi connectivity index (χ1v) is 6.47. The predicted octanol–water partition coefficient (Wildman–Crippen LogP) is 2.68. The number of nitrogens with two attached hydrogens (primary N) is 1. The quantitative estimate of drug-likeness (QED) is 0.847. The van der Waals surface area contributed by atoms with E-state index in [2.05, 4.69) is 0 Å². The van der Waals surface area contributed by atoms with E-state index in [1.165, 1.54) is 0 Å². The largest absolute Gasteiger partial charge is 0.461 e. The smallest absolute Gasteiger partial charge is 0.331 e. The van der Waals surface area contributed by atoms with Crippen molar-refractivity contribution in [1.29, 1.82) is 0 Å². The van der Waals surface area contributed by atoms with Crippen LogP contribution in [0, 0.1) is 0 Å². The summed E-state index contributed by atoms with van der Waals surface area (Å²) >= 11 is 0. The number of hydrogen-bond donors (Lipinski definition) is 1. The average Bonchev–Trinajstić information content (AvgIpc) is 2.39. The van der Waals surface area contributed by atoms with E-state index >= 15 is 0 Å². The Morgan fingerprint density at radius 3 is 2.63 bits per heavy atom. The van der Waals surface area contributed by atoms with Crippen molar-refractivity contribution in [2.45, 2.75) is 31.9 Å². The minimum absolute atomic E-state index is 0.171. The Balaban J connectivity index is 2.37. The number of carbonyl (C=O) groups is 1. The molecule has 3 heteroatoms. The van der Waals surface area contributed by atoms with Gasteiger partial charge in [0.25, 0.3) is 0 Å². The minimum Gasteiger partial charge on any atom is -0.461 e. The zero-order valence-electron chi connectivity index (χ0n) is 11.3. The third kappa shape index (κ3) is 2.76. The number of benzene rings is 1. The summed E-state index contributed by atoms with van der Waals surface area (Å²) in [6, 6.07) is 9.71. The van der Waals surface area contributed by atoms with Gasteiger partial charge < -0.3 is 10.5 Å². The van der Waals surface area contributed by atoms with Crippen LogP contribution in [-0.2, 0) is 9.53 Å². The van der Waals surface area contributed by atoms with Crippen LogP contribution in [0.25, 0.3) is 5.57 Å². The van der Waals surface area contributed by atoms with Gasteiger partial charge in [-0.05, 0) is 31.4 Å². The van der Waals surface area contributed by atoms with E-state index in [-0.39, 0.29) is 12.1 Å². The van der Waals surface area contributed by atoms with Crippen molar-refractivity contribution in [2.24, 2.45) is 5.73 Å². The average molecular weight is 257 g/mol. The molecule has 0 bridgehead atoms. The van der Waals surface area contributed by atoms with Crippen molar-refractivity contribution in [1.82, 2.24) is 0 Å². The summed E-state index contributed by atoms with van der Waals surface area (Å²) in [4.78, 5) is 12.3. The zero-order valence-corrected chi connectivity index (χ0v) is 11.3. The minimum atomic E-state index is -1.10. The highest BCUT2D eigenvalue weighted by atomic mass is 16.5. The van der Waals surface area contributed by atoms with Gasteiger partial charge >= 0.3 is 5.97 Å². The second kappa shape index (κ2) is 5.41. The van der Waals surface area contributed by atoms with E-state index in [1.54, 1.807) is 0 Å². The molecule has 1 aliphatic carbocycles. The van der Waals surface area contributed by atoms with Crippen LogP contribution < -0.4 is 5.73 Å². The van der Waals surface area contributed by atoms with Crippen LogP contribution in [0.1, 0.15) is 25.8 Å². The number of esters is 1. The molecule has 0 spiro atoms. The second-order valence-electron chi connectivity index (χ2n) is 5.00. The lowest BCUT2D eigenvalue weighted by Crippen LogP contribution is -2.51. The van der Waals surface area contributed by atoms with Gasteiger partial charge in [0, 0.05) is 0 Å². The van der Waals surface area contributed by atoms with E-state index in [0.29, 0.717) is 6.42 Å². The maximum atomic E-state index is 12.3. The van der Waals surface area contributed by atoms with Gasteiger partial charge in [-0.3, -0.25) is 0 Å². The van der Waals surface area contributed by atoms with Gasteiger partial charge in [-0.15, -0.1) is 0 Å². The highest BCUT2D eigenvalue weighted by Crippen LogP contribution is 2.32. The Bertz CT molecular complexity index is 517. The molecule has 0 heterocycles. The van der Waals surface area contributed by atoms with Crippen molar-refractivity contribution in [3.63, 3.8) is 0 Å². The Morgan fingerprint density at radius 2 is 2.00 bits per heavy atom. The molecule has 1 aromatic rings. The Hall–Kier alpha value is -1.87. The molecule has 0 aliphatic heterocycles. The number of ether oxygens (including phenoxy) is 1. The lowest BCUT2D eigenvalue weighted by atomic mass is 9.80. The molecule has 0 radical (unpaired) electrons. The highest BCUT2D eigenvalue weighted by Gasteiger charge is 2.40. The summed E-state index contributed by atoms with van der Waals surface area (Å²) in [5.41, 5.74) is 7.00. The Labute approximate surface area is 113 Å². The topological polar surface area (TPSA) is 52.3 Å². The standard InChI is InChI=1S/C16H19NO2/c1-12(2)19-15(18)16(17)11-7-6-10-14(16)13-8-4-3-5-9-13/h3-10,12H,11,17H2,1-2H3. The summed E-state index contributed by atoms with van der Waals surface area (Å²) < 4.78 is 5.31.